The van der Waals surface area contributed by atoms with Crippen LogP contribution in [0, 0.1) is 0 Å². The van der Waals surface area contributed by atoms with E-state index in [0.717, 1.165) is 29.8 Å². The van der Waals surface area contributed by atoms with Gasteiger partial charge in [0.2, 0.25) is 0 Å². The summed E-state index contributed by atoms with van der Waals surface area (Å²) in [7, 11) is 1.62. The number of hydrogen-bond acceptors (Lipinski definition) is 4. The van der Waals surface area contributed by atoms with Crippen molar-refractivity contribution in [2.45, 2.75) is 31.4 Å². The molecule has 1 fully saturated rings. The highest BCUT2D eigenvalue weighted by Gasteiger charge is 2.40. The Morgan fingerprint density at radius 2 is 1.92 bits per heavy atom. The van der Waals surface area contributed by atoms with E-state index in [1.807, 2.05) is 25.3 Å². The number of amides is 1. The second-order valence-corrected chi connectivity index (χ2v) is 6.51. The Bertz CT molecular complexity index is 695. The van der Waals surface area contributed by atoms with Crippen LogP contribution in [-0.4, -0.2) is 36.7 Å². The van der Waals surface area contributed by atoms with E-state index in [1.54, 1.807) is 13.3 Å². The molecule has 2 aromatic rings. The topological polar surface area (TPSA) is 63.2 Å². The first kappa shape index (κ1) is 17.6. The summed E-state index contributed by atoms with van der Waals surface area (Å²) < 4.78 is 5.60. The molecule has 0 bridgehead atoms. The normalized spacial score (nSPS) is 17.7. The standard InChI is InChI=1S/C20H25N3O2/c1-15(23-19(24)20(25-2)9-12-21-13-10-20)16-5-7-17(8-6-16)18-4-3-11-22-14-18/h3-8,11,14-15,21H,9-10,12-13H2,1-2H3,(H,23,24). The third kappa shape index (κ3) is 3.89. The van der Waals surface area contributed by atoms with Crippen molar-refractivity contribution in [1.29, 1.82) is 0 Å². The molecule has 0 radical (unpaired) electrons. The molecule has 1 aliphatic rings. The van der Waals surface area contributed by atoms with Crippen molar-refractivity contribution in [2.24, 2.45) is 0 Å². The molecule has 5 heteroatoms. The molecule has 2 N–H and O–H groups in total. The fraction of sp³-hybridized carbons (Fsp3) is 0.400. The summed E-state index contributed by atoms with van der Waals surface area (Å²) in [4.78, 5) is 16.9. The molecule has 5 nitrogen and oxygen atoms in total. The van der Waals surface area contributed by atoms with Crippen molar-refractivity contribution in [3.63, 3.8) is 0 Å². The number of ether oxygens (including phenoxy) is 1. The van der Waals surface area contributed by atoms with Crippen molar-refractivity contribution in [1.82, 2.24) is 15.6 Å². The number of hydrogen-bond donors (Lipinski definition) is 2. The lowest BCUT2D eigenvalue weighted by atomic mass is 9.90. The van der Waals surface area contributed by atoms with E-state index < -0.39 is 5.60 Å². The third-order valence-corrected chi connectivity index (χ3v) is 4.97. The van der Waals surface area contributed by atoms with E-state index in [4.69, 9.17) is 4.74 Å². The van der Waals surface area contributed by atoms with Gasteiger partial charge in [-0.3, -0.25) is 9.78 Å². The zero-order valence-corrected chi connectivity index (χ0v) is 14.8. The molecule has 1 saturated heterocycles. The van der Waals surface area contributed by atoms with Crippen LogP contribution in [0.4, 0.5) is 0 Å². The van der Waals surface area contributed by atoms with Crippen LogP contribution >= 0.6 is 0 Å². The molecule has 0 saturated carbocycles. The summed E-state index contributed by atoms with van der Waals surface area (Å²) in [6.07, 6.45) is 5.01. The first-order chi connectivity index (χ1) is 12.1. The van der Waals surface area contributed by atoms with E-state index in [0.29, 0.717) is 12.8 Å². The highest BCUT2D eigenvalue weighted by molar-refractivity contribution is 5.85. The molecule has 1 aliphatic heterocycles. The molecule has 1 atom stereocenters. The van der Waals surface area contributed by atoms with Gasteiger partial charge in [-0.25, -0.2) is 0 Å². The fourth-order valence-corrected chi connectivity index (χ4v) is 3.26. The Hall–Kier alpha value is -2.24. The highest BCUT2D eigenvalue weighted by Crippen LogP contribution is 2.25. The summed E-state index contributed by atoms with van der Waals surface area (Å²) in [6, 6.07) is 12.1. The van der Waals surface area contributed by atoms with Crippen molar-refractivity contribution in [3.8, 4) is 11.1 Å². The number of rotatable bonds is 5. The number of pyridine rings is 1. The van der Waals surface area contributed by atoms with Crippen LogP contribution in [0.2, 0.25) is 0 Å². The average molecular weight is 339 g/mol. The minimum atomic E-state index is -0.713. The number of carbonyl (C=O) groups is 1. The number of aromatic nitrogens is 1. The molecule has 132 valence electrons. The molecule has 25 heavy (non-hydrogen) atoms. The van der Waals surface area contributed by atoms with Gasteiger partial charge in [0.15, 0.2) is 0 Å². The molecular formula is C20H25N3O2. The Balaban J connectivity index is 1.68. The molecule has 1 aromatic carbocycles. The van der Waals surface area contributed by atoms with Gasteiger partial charge in [0.1, 0.15) is 5.60 Å². The summed E-state index contributed by atoms with van der Waals surface area (Å²) >= 11 is 0. The Kier molecular flexibility index (Phi) is 5.46. The molecule has 1 amide bonds. The van der Waals surface area contributed by atoms with Crippen LogP contribution < -0.4 is 10.6 Å². The monoisotopic (exact) mass is 339 g/mol. The lowest BCUT2D eigenvalue weighted by Gasteiger charge is -2.35. The van der Waals surface area contributed by atoms with Gasteiger partial charge in [0.05, 0.1) is 6.04 Å². The second-order valence-electron chi connectivity index (χ2n) is 6.51. The van der Waals surface area contributed by atoms with Crippen molar-refractivity contribution in [3.05, 3.63) is 54.4 Å². The molecular weight excluding hydrogens is 314 g/mol. The van der Waals surface area contributed by atoms with Gasteiger partial charge in [-0.1, -0.05) is 30.3 Å². The van der Waals surface area contributed by atoms with Crippen LogP contribution in [0.3, 0.4) is 0 Å². The van der Waals surface area contributed by atoms with Crippen LogP contribution in [-0.2, 0) is 9.53 Å². The lowest BCUT2D eigenvalue weighted by Crippen LogP contribution is -2.54. The smallest absolute Gasteiger partial charge is 0.252 e. The van der Waals surface area contributed by atoms with Crippen LogP contribution in [0.25, 0.3) is 11.1 Å². The van der Waals surface area contributed by atoms with Crippen molar-refractivity contribution in [2.75, 3.05) is 20.2 Å². The van der Waals surface area contributed by atoms with Crippen LogP contribution in [0.5, 0.6) is 0 Å². The first-order valence-corrected chi connectivity index (χ1v) is 8.72. The predicted octanol–water partition coefficient (Wildman–Crippen LogP) is 2.69. The van der Waals surface area contributed by atoms with Crippen molar-refractivity contribution >= 4 is 5.91 Å². The SMILES string of the molecule is COC1(C(=O)NC(C)c2ccc(-c3cccnc3)cc2)CCNCC1. The third-order valence-electron chi connectivity index (χ3n) is 4.97. The van der Waals surface area contributed by atoms with E-state index in [1.165, 1.54) is 0 Å². The van der Waals surface area contributed by atoms with Gasteiger partial charge < -0.3 is 15.4 Å². The van der Waals surface area contributed by atoms with Crippen LogP contribution in [0.1, 0.15) is 31.4 Å². The Morgan fingerprint density at radius 1 is 1.20 bits per heavy atom. The molecule has 2 heterocycles. The molecule has 3 rings (SSSR count). The number of piperidine rings is 1. The molecule has 0 spiro atoms. The largest absolute Gasteiger partial charge is 0.368 e. The van der Waals surface area contributed by atoms with Crippen LogP contribution in [0.15, 0.2) is 48.8 Å². The maximum absolute atomic E-state index is 12.8. The lowest BCUT2D eigenvalue weighted by molar-refractivity contribution is -0.147. The maximum Gasteiger partial charge on any atom is 0.252 e. The van der Waals surface area contributed by atoms with Gasteiger partial charge in [-0.05, 0) is 55.6 Å². The van der Waals surface area contributed by atoms with E-state index >= 15 is 0 Å². The quantitative estimate of drug-likeness (QED) is 0.879. The van der Waals surface area contributed by atoms with Gasteiger partial charge in [0.25, 0.3) is 5.91 Å². The Labute approximate surface area is 148 Å². The summed E-state index contributed by atoms with van der Waals surface area (Å²) in [5, 5.41) is 6.38. The first-order valence-electron chi connectivity index (χ1n) is 8.72. The maximum atomic E-state index is 12.8. The number of methoxy groups -OCH3 is 1. The van der Waals surface area contributed by atoms with Gasteiger partial charge in [-0.15, -0.1) is 0 Å². The predicted molar refractivity (Wildman–Crippen MR) is 98.1 cm³/mol. The number of nitrogens with one attached hydrogen (secondary N) is 2. The Morgan fingerprint density at radius 3 is 2.52 bits per heavy atom. The second kappa shape index (κ2) is 7.76. The van der Waals surface area contributed by atoms with E-state index in [2.05, 4.69) is 39.9 Å². The van der Waals surface area contributed by atoms with E-state index in [-0.39, 0.29) is 11.9 Å². The minimum Gasteiger partial charge on any atom is -0.368 e. The van der Waals surface area contributed by atoms with E-state index in [9.17, 15) is 4.79 Å². The zero-order valence-electron chi connectivity index (χ0n) is 14.8. The average Bonchev–Trinajstić information content (AvgIpc) is 2.69. The van der Waals surface area contributed by atoms with Gasteiger partial charge in [0, 0.05) is 19.5 Å². The fourth-order valence-electron chi connectivity index (χ4n) is 3.26. The summed E-state index contributed by atoms with van der Waals surface area (Å²) in [6.45, 7) is 3.60. The molecule has 1 unspecified atom stereocenters. The molecule has 0 aliphatic carbocycles. The molecule has 1 aromatic heterocycles. The number of nitrogens with zero attached hydrogens (tertiary/aromatic N) is 1. The van der Waals surface area contributed by atoms with Gasteiger partial charge in [-0.2, -0.15) is 0 Å². The minimum absolute atomic E-state index is 0.0275. The highest BCUT2D eigenvalue weighted by atomic mass is 16.5. The van der Waals surface area contributed by atoms with Gasteiger partial charge >= 0.3 is 0 Å². The number of benzene rings is 1. The summed E-state index contributed by atoms with van der Waals surface area (Å²) in [5.74, 6) is -0.0275. The summed E-state index contributed by atoms with van der Waals surface area (Å²) in [5.41, 5.74) is 2.55. The van der Waals surface area contributed by atoms with Crippen molar-refractivity contribution < 1.29 is 9.53 Å². The number of carbonyl (C=O) groups excluding carboxylic acids is 1. The zero-order chi connectivity index (χ0) is 17.7.